The number of nitrogens with one attached hydrogen (secondary N) is 1. The maximum atomic E-state index is 12.2. The number of furan rings is 1. The highest BCUT2D eigenvalue weighted by atomic mass is 32.2. The minimum Gasteiger partial charge on any atom is -0.459 e. The molecule has 1 amide bonds. The maximum Gasteiger partial charge on any atom is 0.255 e. The van der Waals surface area contributed by atoms with Gasteiger partial charge in [-0.05, 0) is 48.5 Å². The van der Waals surface area contributed by atoms with Gasteiger partial charge in [0.05, 0.1) is 4.90 Å². The lowest BCUT2D eigenvalue weighted by molar-refractivity contribution is 0.102. The fourth-order valence-electron chi connectivity index (χ4n) is 2.25. The first-order valence-corrected chi connectivity index (χ1v) is 8.49. The minimum atomic E-state index is -3.79. The first-order chi connectivity index (χ1) is 11.4. The van der Waals surface area contributed by atoms with Gasteiger partial charge < -0.3 is 14.8 Å². The number of fused-ring (bicyclic) bond motifs is 1. The van der Waals surface area contributed by atoms with Crippen LogP contribution < -0.4 is 10.5 Å². The summed E-state index contributed by atoms with van der Waals surface area (Å²) in [4.78, 5) is 12.2. The lowest BCUT2D eigenvalue weighted by Gasteiger charge is -2.06. The molecule has 24 heavy (non-hydrogen) atoms. The smallest absolute Gasteiger partial charge is 0.255 e. The van der Waals surface area contributed by atoms with Crippen molar-refractivity contribution in [3.05, 3.63) is 59.9 Å². The summed E-state index contributed by atoms with van der Waals surface area (Å²) in [5, 5.41) is 17.5. The van der Waals surface area contributed by atoms with Crippen molar-refractivity contribution in [2.75, 3.05) is 5.32 Å². The normalized spacial score (nSPS) is 11.6. The zero-order chi connectivity index (χ0) is 17.3. The molecule has 0 atom stereocenters. The first kappa shape index (κ1) is 16.2. The van der Waals surface area contributed by atoms with E-state index in [0.717, 1.165) is 5.39 Å². The van der Waals surface area contributed by atoms with Crippen LogP contribution in [0.5, 0.6) is 0 Å². The summed E-state index contributed by atoms with van der Waals surface area (Å²) in [6.45, 7) is -0.202. The number of anilines is 1. The van der Waals surface area contributed by atoms with Gasteiger partial charge in [-0.25, -0.2) is 13.6 Å². The van der Waals surface area contributed by atoms with Gasteiger partial charge in [-0.15, -0.1) is 0 Å². The van der Waals surface area contributed by atoms with Crippen LogP contribution in [0.4, 0.5) is 5.69 Å². The molecule has 0 bridgehead atoms. The molecule has 3 rings (SSSR count). The van der Waals surface area contributed by atoms with Crippen LogP contribution in [0, 0.1) is 0 Å². The molecule has 0 saturated carbocycles. The van der Waals surface area contributed by atoms with Crippen LogP contribution in [0.2, 0.25) is 0 Å². The topological polar surface area (TPSA) is 123 Å². The van der Waals surface area contributed by atoms with Crippen molar-refractivity contribution in [1.82, 2.24) is 0 Å². The molecule has 0 unspecified atom stereocenters. The van der Waals surface area contributed by atoms with E-state index in [1.807, 2.05) is 0 Å². The Morgan fingerprint density at radius 1 is 1.12 bits per heavy atom. The van der Waals surface area contributed by atoms with Crippen molar-refractivity contribution in [1.29, 1.82) is 0 Å². The van der Waals surface area contributed by atoms with Gasteiger partial charge in [-0.3, -0.25) is 4.79 Å². The number of primary sulfonamides is 1. The summed E-state index contributed by atoms with van der Waals surface area (Å²) >= 11 is 0. The molecule has 0 fully saturated rings. The molecule has 3 aromatic rings. The molecule has 0 radical (unpaired) electrons. The zero-order valence-corrected chi connectivity index (χ0v) is 13.2. The van der Waals surface area contributed by atoms with Gasteiger partial charge in [0.25, 0.3) is 5.91 Å². The number of hydrogen-bond donors (Lipinski definition) is 3. The predicted octanol–water partition coefficient (Wildman–Crippen LogP) is 1.82. The van der Waals surface area contributed by atoms with Crippen LogP contribution >= 0.6 is 0 Å². The van der Waals surface area contributed by atoms with Gasteiger partial charge in [-0.1, -0.05) is 0 Å². The summed E-state index contributed by atoms with van der Waals surface area (Å²) < 4.78 is 27.8. The number of benzene rings is 2. The monoisotopic (exact) mass is 346 g/mol. The molecule has 2 aromatic carbocycles. The van der Waals surface area contributed by atoms with Crippen molar-refractivity contribution in [2.24, 2.45) is 5.14 Å². The van der Waals surface area contributed by atoms with E-state index < -0.39 is 10.0 Å². The summed E-state index contributed by atoms with van der Waals surface area (Å²) in [6, 6.07) is 12.1. The molecule has 8 heteroatoms. The van der Waals surface area contributed by atoms with E-state index in [2.05, 4.69) is 5.32 Å². The van der Waals surface area contributed by atoms with Crippen molar-refractivity contribution in [3.63, 3.8) is 0 Å². The number of sulfonamides is 1. The van der Waals surface area contributed by atoms with E-state index in [-0.39, 0.29) is 17.4 Å². The third-order valence-corrected chi connectivity index (χ3v) is 4.36. The van der Waals surface area contributed by atoms with E-state index in [9.17, 15) is 13.2 Å². The van der Waals surface area contributed by atoms with Gasteiger partial charge in [0, 0.05) is 16.6 Å². The molecular formula is C16H14N2O5S. The van der Waals surface area contributed by atoms with Crippen molar-refractivity contribution >= 4 is 32.6 Å². The average molecular weight is 346 g/mol. The quantitative estimate of drug-likeness (QED) is 0.665. The Hall–Kier alpha value is -2.68. The van der Waals surface area contributed by atoms with E-state index in [1.54, 1.807) is 24.3 Å². The fraction of sp³-hybridized carbons (Fsp3) is 0.0625. The molecule has 1 aromatic heterocycles. The lowest BCUT2D eigenvalue weighted by atomic mass is 10.2. The highest BCUT2D eigenvalue weighted by Gasteiger charge is 2.11. The van der Waals surface area contributed by atoms with Gasteiger partial charge in [0.1, 0.15) is 18.0 Å². The third kappa shape index (κ3) is 3.30. The Morgan fingerprint density at radius 2 is 1.83 bits per heavy atom. The third-order valence-electron chi connectivity index (χ3n) is 3.43. The van der Waals surface area contributed by atoms with Gasteiger partial charge >= 0.3 is 0 Å². The molecule has 0 spiro atoms. The summed E-state index contributed by atoms with van der Waals surface area (Å²) in [5.41, 5.74) is 1.45. The first-order valence-electron chi connectivity index (χ1n) is 6.94. The van der Waals surface area contributed by atoms with Gasteiger partial charge in [0.15, 0.2) is 0 Å². The number of carbonyl (C=O) groups excluding carboxylic acids is 1. The molecule has 0 aliphatic carbocycles. The molecule has 1 heterocycles. The van der Waals surface area contributed by atoms with Crippen LogP contribution in [-0.4, -0.2) is 19.4 Å². The molecule has 7 nitrogen and oxygen atoms in total. The maximum absolute atomic E-state index is 12.2. The Morgan fingerprint density at radius 3 is 2.46 bits per heavy atom. The van der Waals surface area contributed by atoms with E-state index in [4.69, 9.17) is 14.7 Å². The van der Waals surface area contributed by atoms with Crippen LogP contribution in [0.1, 0.15) is 16.1 Å². The Labute approximate surface area is 137 Å². The molecular weight excluding hydrogens is 332 g/mol. The second-order valence-electron chi connectivity index (χ2n) is 5.15. The summed E-state index contributed by atoms with van der Waals surface area (Å²) in [7, 11) is -3.79. The Bertz CT molecular complexity index is 1010. The zero-order valence-electron chi connectivity index (χ0n) is 12.4. The van der Waals surface area contributed by atoms with Crippen LogP contribution in [0.15, 0.2) is 57.8 Å². The lowest BCUT2D eigenvalue weighted by Crippen LogP contribution is -2.14. The SMILES string of the molecule is NS(=O)(=O)c1ccc(C(=O)Nc2ccc3oc(CO)cc3c2)cc1. The summed E-state index contributed by atoms with van der Waals surface area (Å²) in [6.07, 6.45) is 0. The minimum absolute atomic E-state index is 0.0598. The van der Waals surface area contributed by atoms with Crippen molar-refractivity contribution in [3.8, 4) is 0 Å². The number of carbonyl (C=O) groups is 1. The van der Waals surface area contributed by atoms with E-state index in [0.29, 0.717) is 22.6 Å². The highest BCUT2D eigenvalue weighted by molar-refractivity contribution is 7.89. The van der Waals surface area contributed by atoms with Crippen molar-refractivity contribution < 1.29 is 22.7 Å². The fourth-order valence-corrected chi connectivity index (χ4v) is 2.77. The molecule has 0 aliphatic heterocycles. The summed E-state index contributed by atoms with van der Waals surface area (Å²) in [5.74, 6) is 0.0493. The second-order valence-corrected chi connectivity index (χ2v) is 6.71. The van der Waals surface area contributed by atoms with Crippen LogP contribution in [0.25, 0.3) is 11.0 Å². The number of rotatable bonds is 4. The largest absolute Gasteiger partial charge is 0.459 e. The number of nitrogens with two attached hydrogens (primary N) is 1. The van der Waals surface area contributed by atoms with E-state index >= 15 is 0 Å². The van der Waals surface area contributed by atoms with E-state index in [1.165, 1.54) is 24.3 Å². The number of aliphatic hydroxyl groups excluding tert-OH is 1. The Balaban J connectivity index is 1.81. The molecule has 124 valence electrons. The number of aliphatic hydroxyl groups is 1. The van der Waals surface area contributed by atoms with Gasteiger partial charge in [-0.2, -0.15) is 0 Å². The highest BCUT2D eigenvalue weighted by Crippen LogP contribution is 2.23. The number of amides is 1. The van der Waals surface area contributed by atoms with Gasteiger partial charge in [0.2, 0.25) is 10.0 Å². The molecule has 0 saturated heterocycles. The standard InChI is InChI=1S/C16H14N2O5S/c17-24(21,22)14-4-1-10(2-5-14)16(20)18-12-3-6-15-11(7-12)8-13(9-19)23-15/h1-8,19H,9H2,(H,18,20)(H2,17,21,22). The average Bonchev–Trinajstić information content (AvgIpc) is 2.96. The molecule has 4 N–H and O–H groups in total. The number of hydrogen-bond acceptors (Lipinski definition) is 5. The van der Waals surface area contributed by atoms with Crippen molar-refractivity contribution in [2.45, 2.75) is 11.5 Å². The predicted molar refractivity (Wildman–Crippen MR) is 87.9 cm³/mol. The van der Waals surface area contributed by atoms with Crippen LogP contribution in [-0.2, 0) is 16.6 Å². The molecule has 0 aliphatic rings. The Kier molecular flexibility index (Phi) is 4.10. The van der Waals surface area contributed by atoms with Crippen LogP contribution in [0.3, 0.4) is 0 Å². The second kappa shape index (κ2) is 6.08.